The first-order valence-corrected chi connectivity index (χ1v) is 20.1. The predicted octanol–water partition coefficient (Wildman–Crippen LogP) is 3.30. The van der Waals surface area contributed by atoms with E-state index in [0.717, 1.165) is 38.5 Å². The molecule has 4 aliphatic carbocycles. The molecule has 278 valence electrons. The van der Waals surface area contributed by atoms with Crippen LogP contribution in [0.5, 0.6) is 0 Å². The van der Waals surface area contributed by atoms with E-state index in [1.807, 2.05) is 6.92 Å². The van der Waals surface area contributed by atoms with Crippen LogP contribution in [0.1, 0.15) is 106 Å². The lowest BCUT2D eigenvalue weighted by Gasteiger charge is -2.60. The fraction of sp³-hybridized carbons (Fsp3) is 0.939. The SMILES string of the molecule is CC(C)CCC[C@](C)(O)C1CCC2C3CC(O[C@@H]4OC(C)[C@@H](OS(=O)(=O)[O-])C(O)C4O)C4C[C@@H](OS(=O)(=O)[O-])CC[C@]4(C)C3=CC[C@@]21C. The van der Waals surface area contributed by atoms with Crippen LogP contribution in [0.15, 0.2) is 11.6 Å². The van der Waals surface area contributed by atoms with Crippen molar-refractivity contribution in [3.05, 3.63) is 11.6 Å². The van der Waals surface area contributed by atoms with E-state index < -0.39 is 74.7 Å². The fourth-order valence-corrected chi connectivity index (χ4v) is 11.6. The Morgan fingerprint density at radius 2 is 1.69 bits per heavy atom. The van der Waals surface area contributed by atoms with Crippen LogP contribution in [-0.4, -0.2) is 89.8 Å². The predicted molar refractivity (Wildman–Crippen MR) is 170 cm³/mol. The molecule has 0 amide bonds. The number of aliphatic hydroxyl groups excluding tert-OH is 2. The number of hydrogen-bond donors (Lipinski definition) is 3. The van der Waals surface area contributed by atoms with E-state index in [9.17, 15) is 41.3 Å². The van der Waals surface area contributed by atoms with Crippen molar-refractivity contribution in [3.63, 3.8) is 0 Å². The number of ether oxygens (including phenoxy) is 2. The van der Waals surface area contributed by atoms with Gasteiger partial charge in [0.05, 0.1) is 23.9 Å². The van der Waals surface area contributed by atoms with Gasteiger partial charge in [-0.15, -0.1) is 0 Å². The lowest BCUT2D eigenvalue weighted by Crippen LogP contribution is -2.61. The van der Waals surface area contributed by atoms with Gasteiger partial charge in [0.15, 0.2) is 6.29 Å². The highest BCUT2D eigenvalue weighted by Gasteiger charge is 2.62. The van der Waals surface area contributed by atoms with Gasteiger partial charge in [0.2, 0.25) is 20.8 Å². The molecule has 8 unspecified atom stereocenters. The number of fused-ring (bicyclic) bond motifs is 5. The Labute approximate surface area is 285 Å². The second kappa shape index (κ2) is 13.7. The highest BCUT2D eigenvalue weighted by Crippen LogP contribution is 2.67. The number of allylic oxidation sites excluding steroid dienone is 2. The van der Waals surface area contributed by atoms with Crippen LogP contribution in [-0.2, 0) is 38.6 Å². The third-order valence-corrected chi connectivity index (χ3v) is 13.7. The molecule has 0 aromatic carbocycles. The molecule has 1 heterocycles. The van der Waals surface area contributed by atoms with Crippen LogP contribution in [0.25, 0.3) is 0 Å². The molecule has 13 nitrogen and oxygen atoms in total. The monoisotopic (exact) mass is 722 g/mol. The van der Waals surface area contributed by atoms with E-state index in [1.54, 1.807) is 0 Å². The molecule has 3 saturated carbocycles. The largest absolute Gasteiger partial charge is 0.726 e. The smallest absolute Gasteiger partial charge is 0.218 e. The van der Waals surface area contributed by atoms with Gasteiger partial charge in [0.25, 0.3) is 0 Å². The summed E-state index contributed by atoms with van der Waals surface area (Å²) in [4.78, 5) is 0. The molecular formula is C33H54O13S2-2. The number of aliphatic hydroxyl groups is 3. The molecule has 5 aliphatic rings. The zero-order valence-corrected chi connectivity index (χ0v) is 30.5. The van der Waals surface area contributed by atoms with Crippen molar-refractivity contribution in [2.24, 2.45) is 40.4 Å². The molecule has 5 rings (SSSR count). The summed E-state index contributed by atoms with van der Waals surface area (Å²) in [6.07, 6.45) is -0.0592. The van der Waals surface area contributed by atoms with Crippen molar-refractivity contribution in [1.82, 2.24) is 0 Å². The lowest BCUT2D eigenvalue weighted by molar-refractivity contribution is -0.312. The van der Waals surface area contributed by atoms with Gasteiger partial charge in [0.1, 0.15) is 18.3 Å². The minimum absolute atomic E-state index is 0.0527. The van der Waals surface area contributed by atoms with Crippen LogP contribution in [0, 0.1) is 40.4 Å². The van der Waals surface area contributed by atoms with Crippen LogP contribution in [0.2, 0.25) is 0 Å². The first-order valence-electron chi connectivity index (χ1n) is 17.4. The second-order valence-electron chi connectivity index (χ2n) is 16.4. The lowest BCUT2D eigenvalue weighted by atomic mass is 9.47. The molecule has 1 saturated heterocycles. The van der Waals surface area contributed by atoms with E-state index in [0.29, 0.717) is 25.2 Å². The van der Waals surface area contributed by atoms with E-state index in [2.05, 4.69) is 38.0 Å². The normalized spacial score (nSPS) is 44.8. The van der Waals surface area contributed by atoms with Gasteiger partial charge < -0.3 is 33.9 Å². The van der Waals surface area contributed by atoms with Gasteiger partial charge in [-0.1, -0.05) is 52.2 Å². The number of rotatable bonds is 11. The summed E-state index contributed by atoms with van der Waals surface area (Å²) >= 11 is 0. The number of hydrogen-bond acceptors (Lipinski definition) is 13. The zero-order valence-electron chi connectivity index (χ0n) is 28.8. The minimum Gasteiger partial charge on any atom is -0.726 e. The van der Waals surface area contributed by atoms with Crippen molar-refractivity contribution in [1.29, 1.82) is 0 Å². The average Bonchev–Trinajstić information content (AvgIpc) is 3.31. The molecule has 0 radical (unpaired) electrons. The first-order chi connectivity index (χ1) is 22.1. The van der Waals surface area contributed by atoms with Crippen LogP contribution in [0.4, 0.5) is 0 Å². The Hall–Kier alpha value is -0.720. The molecule has 48 heavy (non-hydrogen) atoms. The van der Waals surface area contributed by atoms with Crippen molar-refractivity contribution in [3.8, 4) is 0 Å². The summed E-state index contributed by atoms with van der Waals surface area (Å²) in [5.74, 6) is 0.576. The van der Waals surface area contributed by atoms with Crippen molar-refractivity contribution >= 4 is 20.8 Å². The van der Waals surface area contributed by atoms with Crippen LogP contribution >= 0.6 is 0 Å². The van der Waals surface area contributed by atoms with Gasteiger partial charge >= 0.3 is 0 Å². The van der Waals surface area contributed by atoms with E-state index >= 15 is 0 Å². The third kappa shape index (κ3) is 7.71. The minimum atomic E-state index is -5.21. The van der Waals surface area contributed by atoms with Gasteiger partial charge in [-0.2, -0.15) is 0 Å². The Morgan fingerprint density at radius 3 is 2.31 bits per heavy atom. The summed E-state index contributed by atoms with van der Waals surface area (Å²) in [5, 5.41) is 33.6. The zero-order chi connectivity index (χ0) is 35.6. The van der Waals surface area contributed by atoms with Gasteiger partial charge in [0, 0.05) is 0 Å². The van der Waals surface area contributed by atoms with Crippen molar-refractivity contribution in [2.45, 2.75) is 154 Å². The molecular weight excluding hydrogens is 668 g/mol. The van der Waals surface area contributed by atoms with Crippen molar-refractivity contribution in [2.75, 3.05) is 0 Å². The maximum absolute atomic E-state index is 11.9. The van der Waals surface area contributed by atoms with Crippen molar-refractivity contribution < 1.29 is 59.1 Å². The summed E-state index contributed by atoms with van der Waals surface area (Å²) < 4.78 is 90.3. The molecule has 0 aromatic heterocycles. The quantitative estimate of drug-likeness (QED) is 0.159. The maximum atomic E-state index is 11.9. The van der Waals surface area contributed by atoms with Crippen LogP contribution < -0.4 is 0 Å². The van der Waals surface area contributed by atoms with Crippen LogP contribution in [0.3, 0.4) is 0 Å². The fourth-order valence-electron chi connectivity index (χ4n) is 10.5. The molecule has 0 aromatic rings. The molecule has 0 bridgehead atoms. The topological polar surface area (TPSA) is 212 Å². The Kier molecular flexibility index (Phi) is 11.0. The molecule has 14 atom stereocenters. The Balaban J connectivity index is 1.44. The summed E-state index contributed by atoms with van der Waals surface area (Å²) in [7, 11) is -10.2. The Bertz CT molecular complexity index is 1410. The summed E-state index contributed by atoms with van der Waals surface area (Å²) in [5.41, 5.74) is -0.209. The molecule has 15 heteroatoms. The summed E-state index contributed by atoms with van der Waals surface area (Å²) in [6.45, 7) is 12.2. The van der Waals surface area contributed by atoms with E-state index in [4.69, 9.17) is 13.7 Å². The summed E-state index contributed by atoms with van der Waals surface area (Å²) in [6, 6.07) is 0. The third-order valence-electron chi connectivity index (χ3n) is 12.8. The molecule has 1 aliphatic heterocycles. The highest BCUT2D eigenvalue weighted by atomic mass is 32.3. The second-order valence-corrected chi connectivity index (χ2v) is 18.4. The maximum Gasteiger partial charge on any atom is 0.218 e. The molecule has 3 N–H and O–H groups in total. The highest BCUT2D eigenvalue weighted by molar-refractivity contribution is 7.81. The van der Waals surface area contributed by atoms with E-state index in [1.165, 1.54) is 12.5 Å². The standard InChI is InChI=1S/C33H56O13S2/c1-18(2)8-7-13-33(6,36)26-10-9-22-21-17-25(44-30-28(35)27(34)29(19(3)43-30)46-48(40,41)42)24-16-20(45-47(37,38)39)11-14-31(24,4)23(21)12-15-32(22,26)5/h12,18-22,24-30,34-36H,7-11,13-17H2,1-6H3,(H,37,38,39)(H,40,41,42)/p-2/t19?,20-,21?,22?,24?,25?,26?,27?,28?,29+,30-,31+,32-,33-/m0/s1. The average molecular weight is 723 g/mol. The Morgan fingerprint density at radius 1 is 1.02 bits per heavy atom. The van der Waals surface area contributed by atoms with Gasteiger partial charge in [-0.25, -0.2) is 16.8 Å². The van der Waals surface area contributed by atoms with Gasteiger partial charge in [-0.05, 0) is 106 Å². The first kappa shape index (κ1) is 38.5. The molecule has 4 fully saturated rings. The van der Waals surface area contributed by atoms with Gasteiger partial charge in [-0.3, -0.25) is 8.37 Å². The van der Waals surface area contributed by atoms with E-state index in [-0.39, 0.29) is 35.5 Å². The molecule has 0 spiro atoms.